The fourth-order valence-corrected chi connectivity index (χ4v) is 2.83. The van der Waals surface area contributed by atoms with Crippen molar-refractivity contribution >= 4 is 22.4 Å². The van der Waals surface area contributed by atoms with E-state index in [0.717, 1.165) is 16.5 Å². The van der Waals surface area contributed by atoms with Gasteiger partial charge >= 0.3 is 0 Å². The summed E-state index contributed by atoms with van der Waals surface area (Å²) in [6.45, 7) is 2.57. The standard InChI is InChI=1S/C20H19NO2/c1-3-21(20(22)17-12-6-7-14-19(17)23-2)18-13-8-10-15-9-4-5-11-16(15)18/h4-14H,3H2,1-2H3. The van der Waals surface area contributed by atoms with E-state index in [9.17, 15) is 4.79 Å². The number of benzene rings is 3. The molecule has 3 nitrogen and oxygen atoms in total. The highest BCUT2D eigenvalue weighted by Crippen LogP contribution is 2.29. The van der Waals surface area contributed by atoms with Crippen LogP contribution in [0.15, 0.2) is 66.7 Å². The van der Waals surface area contributed by atoms with Gasteiger partial charge in [-0.25, -0.2) is 0 Å². The number of hydrogen-bond donors (Lipinski definition) is 0. The van der Waals surface area contributed by atoms with Crippen LogP contribution >= 0.6 is 0 Å². The molecule has 1 amide bonds. The molecule has 0 radical (unpaired) electrons. The SMILES string of the molecule is CCN(C(=O)c1ccccc1OC)c1cccc2ccccc12. The quantitative estimate of drug-likeness (QED) is 0.709. The number of amides is 1. The van der Waals surface area contributed by atoms with Crippen LogP contribution in [0.25, 0.3) is 10.8 Å². The van der Waals surface area contributed by atoms with Crippen molar-refractivity contribution in [1.29, 1.82) is 0 Å². The molecule has 0 atom stereocenters. The van der Waals surface area contributed by atoms with Crippen molar-refractivity contribution in [3.05, 3.63) is 72.3 Å². The van der Waals surface area contributed by atoms with Gasteiger partial charge in [-0.2, -0.15) is 0 Å². The largest absolute Gasteiger partial charge is 0.496 e. The van der Waals surface area contributed by atoms with Gasteiger partial charge in [0.2, 0.25) is 0 Å². The Hall–Kier alpha value is -2.81. The zero-order valence-electron chi connectivity index (χ0n) is 13.3. The summed E-state index contributed by atoms with van der Waals surface area (Å²) in [6.07, 6.45) is 0. The fraction of sp³-hybridized carbons (Fsp3) is 0.150. The van der Waals surface area contributed by atoms with Crippen LogP contribution < -0.4 is 9.64 Å². The third-order valence-corrected chi connectivity index (χ3v) is 3.96. The second-order valence-corrected chi connectivity index (χ2v) is 5.25. The Bertz CT molecular complexity index is 836. The maximum atomic E-state index is 13.0. The van der Waals surface area contributed by atoms with E-state index in [2.05, 4.69) is 12.1 Å². The molecule has 0 bridgehead atoms. The van der Waals surface area contributed by atoms with Gasteiger partial charge < -0.3 is 9.64 Å². The molecule has 0 N–H and O–H groups in total. The Morgan fingerprint density at radius 3 is 2.43 bits per heavy atom. The first kappa shape index (κ1) is 15.1. The summed E-state index contributed by atoms with van der Waals surface area (Å²) in [6, 6.07) is 21.5. The van der Waals surface area contributed by atoms with E-state index >= 15 is 0 Å². The van der Waals surface area contributed by atoms with Crippen molar-refractivity contribution in [3.8, 4) is 5.75 Å². The first-order valence-electron chi connectivity index (χ1n) is 7.69. The van der Waals surface area contributed by atoms with Crippen LogP contribution in [0, 0.1) is 0 Å². The lowest BCUT2D eigenvalue weighted by Gasteiger charge is -2.23. The van der Waals surface area contributed by atoms with Crippen molar-refractivity contribution < 1.29 is 9.53 Å². The lowest BCUT2D eigenvalue weighted by Crippen LogP contribution is -2.31. The van der Waals surface area contributed by atoms with Crippen molar-refractivity contribution in [2.45, 2.75) is 6.92 Å². The Morgan fingerprint density at radius 2 is 1.65 bits per heavy atom. The third-order valence-electron chi connectivity index (χ3n) is 3.96. The number of carbonyl (C=O) groups excluding carboxylic acids is 1. The van der Waals surface area contributed by atoms with Crippen LogP contribution in [0.2, 0.25) is 0 Å². The number of carbonyl (C=O) groups is 1. The third kappa shape index (κ3) is 2.78. The minimum Gasteiger partial charge on any atom is -0.496 e. The van der Waals surface area contributed by atoms with Crippen LogP contribution in [-0.4, -0.2) is 19.6 Å². The number of nitrogens with zero attached hydrogens (tertiary/aromatic N) is 1. The normalized spacial score (nSPS) is 10.5. The molecule has 0 heterocycles. The summed E-state index contributed by atoms with van der Waals surface area (Å²) in [5.74, 6) is 0.539. The van der Waals surface area contributed by atoms with E-state index in [0.29, 0.717) is 17.9 Å². The Kier molecular flexibility index (Phi) is 4.29. The van der Waals surface area contributed by atoms with Gasteiger partial charge in [-0.1, -0.05) is 48.5 Å². The molecule has 0 spiro atoms. The predicted octanol–water partition coefficient (Wildman–Crippen LogP) is 4.52. The van der Waals surface area contributed by atoms with E-state index in [4.69, 9.17) is 4.74 Å². The lowest BCUT2D eigenvalue weighted by atomic mass is 10.1. The summed E-state index contributed by atoms with van der Waals surface area (Å²) in [5.41, 5.74) is 1.49. The van der Waals surface area contributed by atoms with E-state index in [-0.39, 0.29) is 5.91 Å². The maximum Gasteiger partial charge on any atom is 0.262 e. The molecule has 0 aromatic heterocycles. The minimum absolute atomic E-state index is 0.0543. The first-order chi connectivity index (χ1) is 11.3. The number of hydrogen-bond acceptors (Lipinski definition) is 2. The van der Waals surface area contributed by atoms with Crippen LogP contribution in [0.5, 0.6) is 5.75 Å². The molecule has 23 heavy (non-hydrogen) atoms. The number of rotatable bonds is 4. The molecule has 3 aromatic carbocycles. The molecule has 0 aliphatic heterocycles. The fourth-order valence-electron chi connectivity index (χ4n) is 2.83. The van der Waals surface area contributed by atoms with E-state index in [1.54, 1.807) is 18.1 Å². The second kappa shape index (κ2) is 6.53. The monoisotopic (exact) mass is 305 g/mol. The zero-order chi connectivity index (χ0) is 16.2. The van der Waals surface area contributed by atoms with Gasteiger partial charge in [0.15, 0.2) is 0 Å². The average Bonchev–Trinajstić information content (AvgIpc) is 2.62. The van der Waals surface area contributed by atoms with Gasteiger partial charge in [0.05, 0.1) is 18.4 Å². The smallest absolute Gasteiger partial charge is 0.262 e. The van der Waals surface area contributed by atoms with Crippen LogP contribution in [0.3, 0.4) is 0 Å². The minimum atomic E-state index is -0.0543. The van der Waals surface area contributed by atoms with Gasteiger partial charge in [0.1, 0.15) is 5.75 Å². The Labute approximate surface area is 136 Å². The molecule has 3 rings (SSSR count). The summed E-state index contributed by atoms with van der Waals surface area (Å²) in [5, 5.41) is 2.19. The molecular formula is C20H19NO2. The Morgan fingerprint density at radius 1 is 0.957 bits per heavy atom. The number of methoxy groups -OCH3 is 1. The summed E-state index contributed by atoms with van der Waals surface area (Å²) < 4.78 is 5.34. The summed E-state index contributed by atoms with van der Waals surface area (Å²) in [4.78, 5) is 14.8. The number of anilines is 1. The highest BCUT2D eigenvalue weighted by Gasteiger charge is 2.20. The molecule has 0 saturated heterocycles. The van der Waals surface area contributed by atoms with Gasteiger partial charge in [-0.3, -0.25) is 4.79 Å². The summed E-state index contributed by atoms with van der Waals surface area (Å²) >= 11 is 0. The van der Waals surface area contributed by atoms with E-state index < -0.39 is 0 Å². The van der Waals surface area contributed by atoms with E-state index in [1.807, 2.05) is 55.5 Å². The molecule has 0 aliphatic carbocycles. The van der Waals surface area contributed by atoms with Crippen LogP contribution in [-0.2, 0) is 0 Å². The van der Waals surface area contributed by atoms with Gasteiger partial charge in [0.25, 0.3) is 5.91 Å². The molecule has 0 aliphatic rings. The molecule has 3 heteroatoms. The number of fused-ring (bicyclic) bond motifs is 1. The zero-order valence-corrected chi connectivity index (χ0v) is 13.3. The van der Waals surface area contributed by atoms with Crippen molar-refractivity contribution in [3.63, 3.8) is 0 Å². The second-order valence-electron chi connectivity index (χ2n) is 5.25. The highest BCUT2D eigenvalue weighted by molar-refractivity contribution is 6.12. The van der Waals surface area contributed by atoms with Crippen molar-refractivity contribution in [1.82, 2.24) is 0 Å². The lowest BCUT2D eigenvalue weighted by molar-refractivity contribution is 0.0985. The topological polar surface area (TPSA) is 29.5 Å². The molecule has 0 saturated carbocycles. The molecule has 116 valence electrons. The van der Waals surface area contributed by atoms with Crippen LogP contribution in [0.1, 0.15) is 17.3 Å². The highest BCUT2D eigenvalue weighted by atomic mass is 16.5. The predicted molar refractivity (Wildman–Crippen MR) is 94.3 cm³/mol. The summed E-state index contributed by atoms with van der Waals surface area (Å²) in [7, 11) is 1.58. The van der Waals surface area contributed by atoms with Crippen LogP contribution in [0.4, 0.5) is 5.69 Å². The first-order valence-corrected chi connectivity index (χ1v) is 7.69. The Balaban J connectivity index is 2.10. The maximum absolute atomic E-state index is 13.0. The van der Waals surface area contributed by atoms with Gasteiger partial charge in [-0.15, -0.1) is 0 Å². The molecule has 0 fully saturated rings. The van der Waals surface area contributed by atoms with Crippen molar-refractivity contribution in [2.75, 3.05) is 18.6 Å². The van der Waals surface area contributed by atoms with Crippen molar-refractivity contribution in [2.24, 2.45) is 0 Å². The molecular weight excluding hydrogens is 286 g/mol. The molecule has 0 unspecified atom stereocenters. The average molecular weight is 305 g/mol. The van der Waals surface area contributed by atoms with Gasteiger partial charge in [0, 0.05) is 11.9 Å². The number of ether oxygens (including phenoxy) is 1. The number of para-hydroxylation sites is 1. The molecule has 3 aromatic rings. The van der Waals surface area contributed by atoms with E-state index in [1.165, 1.54) is 0 Å². The van der Waals surface area contributed by atoms with Gasteiger partial charge in [-0.05, 0) is 30.5 Å².